The number of nitrogens with one attached hydrogen (secondary N) is 1. The van der Waals surface area contributed by atoms with Gasteiger partial charge in [0.1, 0.15) is 12.4 Å². The fraction of sp³-hybridized carbons (Fsp3) is 0.364. The summed E-state index contributed by atoms with van der Waals surface area (Å²) in [4.78, 5) is 10.6. The number of nitrogen functional groups attached to an aromatic ring is 1. The number of rotatable bonds is 5. The molecule has 0 saturated heterocycles. The van der Waals surface area contributed by atoms with Gasteiger partial charge in [-0.05, 0) is 25.1 Å². The molecule has 7 nitrogen and oxygen atoms in total. The average molecular weight is 252 g/mol. The highest BCUT2D eigenvalue weighted by molar-refractivity contribution is 5.72. The zero-order valence-electron chi connectivity index (χ0n) is 10.3. The van der Waals surface area contributed by atoms with Gasteiger partial charge in [-0.25, -0.2) is 5.43 Å². The maximum Gasteiger partial charge on any atom is 0.238 e. The van der Waals surface area contributed by atoms with Crippen molar-refractivity contribution >= 4 is 17.3 Å². The summed E-state index contributed by atoms with van der Waals surface area (Å²) in [5.41, 5.74) is 8.80. The van der Waals surface area contributed by atoms with E-state index in [1.807, 2.05) is 0 Å². The van der Waals surface area contributed by atoms with Crippen LogP contribution in [-0.2, 0) is 4.79 Å². The number of ether oxygens (including phenoxy) is 1. The van der Waals surface area contributed by atoms with Crippen molar-refractivity contribution < 1.29 is 14.6 Å². The summed E-state index contributed by atoms with van der Waals surface area (Å²) < 4.78 is 5.28. The van der Waals surface area contributed by atoms with Crippen molar-refractivity contribution in [2.75, 3.05) is 12.3 Å². The summed E-state index contributed by atoms with van der Waals surface area (Å²) in [6.45, 7) is 3.11. The summed E-state index contributed by atoms with van der Waals surface area (Å²) in [7, 11) is 0. The molecule has 1 rings (SSSR count). The van der Waals surface area contributed by atoms with E-state index >= 15 is 0 Å². The third kappa shape index (κ3) is 4.79. The fourth-order valence-electron chi connectivity index (χ4n) is 1.09. The Hall–Kier alpha value is -2.15. The molecular weight excluding hydrogens is 236 g/mol. The minimum atomic E-state index is -0.566. The van der Waals surface area contributed by atoms with Crippen molar-refractivity contribution in [3.05, 3.63) is 18.2 Å². The Morgan fingerprint density at radius 3 is 2.89 bits per heavy atom. The quantitative estimate of drug-likeness (QED) is 0.415. The molecule has 98 valence electrons. The highest BCUT2D eigenvalue weighted by Crippen LogP contribution is 2.26. The van der Waals surface area contributed by atoms with Crippen molar-refractivity contribution in [2.24, 2.45) is 10.3 Å². The molecule has 0 bridgehead atoms. The molecule has 4 N–H and O–H groups in total. The van der Waals surface area contributed by atoms with Gasteiger partial charge in [0.15, 0.2) is 0 Å². The average Bonchev–Trinajstić information content (AvgIpc) is 2.27. The van der Waals surface area contributed by atoms with Gasteiger partial charge in [-0.15, -0.1) is 5.11 Å². The number of anilines is 1. The third-order valence-corrected chi connectivity index (χ3v) is 1.85. The predicted molar refractivity (Wildman–Crippen MR) is 66.4 cm³/mol. The van der Waals surface area contributed by atoms with Crippen molar-refractivity contribution in [1.29, 1.82) is 0 Å². The van der Waals surface area contributed by atoms with E-state index in [2.05, 4.69) is 15.8 Å². The normalized spacial score (nSPS) is 12.4. The Morgan fingerprint density at radius 1 is 1.61 bits per heavy atom. The lowest BCUT2D eigenvalue weighted by molar-refractivity contribution is -0.119. The SMILES string of the molecule is CC(=O)NN=Nc1ccc(OCC(C)O)c(N)c1. The Morgan fingerprint density at radius 2 is 2.33 bits per heavy atom. The van der Waals surface area contributed by atoms with E-state index in [1.54, 1.807) is 25.1 Å². The van der Waals surface area contributed by atoms with E-state index in [1.165, 1.54) is 6.92 Å². The number of carbonyl (C=O) groups is 1. The van der Waals surface area contributed by atoms with Crippen molar-refractivity contribution in [3.63, 3.8) is 0 Å². The first-order valence-corrected chi connectivity index (χ1v) is 5.36. The molecule has 0 fully saturated rings. The van der Waals surface area contributed by atoms with Crippen LogP contribution in [0.3, 0.4) is 0 Å². The van der Waals surface area contributed by atoms with Gasteiger partial charge in [-0.2, -0.15) is 0 Å². The first-order chi connectivity index (χ1) is 8.49. The molecule has 1 aromatic rings. The highest BCUT2D eigenvalue weighted by atomic mass is 16.5. The molecule has 0 aromatic heterocycles. The number of aliphatic hydroxyl groups is 1. The third-order valence-electron chi connectivity index (χ3n) is 1.85. The van der Waals surface area contributed by atoms with Gasteiger partial charge >= 0.3 is 0 Å². The molecule has 1 aromatic carbocycles. The number of nitrogens with two attached hydrogens (primary N) is 1. The zero-order chi connectivity index (χ0) is 13.5. The van der Waals surface area contributed by atoms with Gasteiger partial charge in [0, 0.05) is 6.92 Å². The van der Waals surface area contributed by atoms with Gasteiger partial charge in [-0.1, -0.05) is 5.22 Å². The lowest BCUT2D eigenvalue weighted by Crippen LogP contribution is -2.13. The van der Waals surface area contributed by atoms with E-state index in [9.17, 15) is 4.79 Å². The van der Waals surface area contributed by atoms with Crippen LogP contribution in [0.1, 0.15) is 13.8 Å². The maximum atomic E-state index is 10.6. The molecule has 1 unspecified atom stereocenters. The van der Waals surface area contributed by atoms with E-state index in [0.717, 1.165) is 0 Å². The molecule has 0 radical (unpaired) electrons. The summed E-state index contributed by atoms with van der Waals surface area (Å²) >= 11 is 0. The smallest absolute Gasteiger partial charge is 0.238 e. The van der Waals surface area contributed by atoms with Crippen LogP contribution in [-0.4, -0.2) is 23.7 Å². The Bertz CT molecular complexity index is 446. The van der Waals surface area contributed by atoms with Crippen molar-refractivity contribution in [2.45, 2.75) is 20.0 Å². The molecular formula is C11H16N4O3. The fourth-order valence-corrected chi connectivity index (χ4v) is 1.09. The molecule has 0 aliphatic heterocycles. The molecule has 1 amide bonds. The van der Waals surface area contributed by atoms with E-state index in [4.69, 9.17) is 15.6 Å². The van der Waals surface area contributed by atoms with Gasteiger partial charge in [0.2, 0.25) is 5.91 Å². The highest BCUT2D eigenvalue weighted by Gasteiger charge is 2.03. The summed E-state index contributed by atoms with van der Waals surface area (Å²) in [6, 6.07) is 4.82. The van der Waals surface area contributed by atoms with Crippen molar-refractivity contribution in [1.82, 2.24) is 5.43 Å². The zero-order valence-corrected chi connectivity index (χ0v) is 10.3. The van der Waals surface area contributed by atoms with E-state index in [0.29, 0.717) is 17.1 Å². The second-order valence-electron chi connectivity index (χ2n) is 3.75. The van der Waals surface area contributed by atoms with Crippen LogP contribution in [0.25, 0.3) is 0 Å². The van der Waals surface area contributed by atoms with Crippen LogP contribution in [0.4, 0.5) is 11.4 Å². The number of aliphatic hydroxyl groups excluding tert-OH is 1. The topological polar surface area (TPSA) is 109 Å². The van der Waals surface area contributed by atoms with Gasteiger partial charge < -0.3 is 15.6 Å². The molecule has 0 saturated carbocycles. The maximum absolute atomic E-state index is 10.6. The number of amides is 1. The van der Waals surface area contributed by atoms with Gasteiger partial charge in [-0.3, -0.25) is 4.79 Å². The first kappa shape index (κ1) is 13.9. The van der Waals surface area contributed by atoms with Crippen LogP contribution in [0.2, 0.25) is 0 Å². The number of hydrogen-bond acceptors (Lipinski definition) is 6. The molecule has 0 aliphatic carbocycles. The minimum absolute atomic E-state index is 0.164. The second kappa shape index (κ2) is 6.55. The summed E-state index contributed by atoms with van der Waals surface area (Å²) in [5.74, 6) is 0.165. The lowest BCUT2D eigenvalue weighted by atomic mass is 10.2. The van der Waals surface area contributed by atoms with Gasteiger partial charge in [0.05, 0.1) is 17.5 Å². The van der Waals surface area contributed by atoms with E-state index in [-0.39, 0.29) is 12.5 Å². The standard InChI is InChI=1S/C11H16N4O3/c1-7(16)6-18-11-4-3-9(5-10(11)12)14-15-13-8(2)17/h3-5,7,16H,6,12H2,1-2H3,(H,13,14,17). The van der Waals surface area contributed by atoms with Crippen LogP contribution in [0.5, 0.6) is 5.75 Å². The number of nitrogens with zero attached hydrogens (tertiary/aromatic N) is 2. The van der Waals surface area contributed by atoms with Crippen LogP contribution < -0.4 is 15.9 Å². The number of hydrogen-bond donors (Lipinski definition) is 3. The Kier molecular flexibility index (Phi) is 5.06. The monoisotopic (exact) mass is 252 g/mol. The Labute approximate surface area is 105 Å². The Balaban J connectivity index is 2.67. The number of carbonyl (C=O) groups excluding carboxylic acids is 1. The van der Waals surface area contributed by atoms with Gasteiger partial charge in [0.25, 0.3) is 0 Å². The second-order valence-corrected chi connectivity index (χ2v) is 3.75. The molecule has 7 heteroatoms. The molecule has 0 heterocycles. The lowest BCUT2D eigenvalue weighted by Gasteiger charge is -2.10. The van der Waals surface area contributed by atoms with Crippen LogP contribution in [0, 0.1) is 0 Å². The van der Waals surface area contributed by atoms with Crippen LogP contribution >= 0.6 is 0 Å². The predicted octanol–water partition coefficient (Wildman–Crippen LogP) is 1.16. The minimum Gasteiger partial charge on any atom is -0.489 e. The molecule has 18 heavy (non-hydrogen) atoms. The van der Waals surface area contributed by atoms with Crippen LogP contribution in [0.15, 0.2) is 28.5 Å². The van der Waals surface area contributed by atoms with Crippen molar-refractivity contribution in [3.8, 4) is 5.75 Å². The molecule has 0 aliphatic rings. The summed E-state index contributed by atoms with van der Waals surface area (Å²) in [5, 5.41) is 16.3. The number of benzene rings is 1. The first-order valence-electron chi connectivity index (χ1n) is 5.36. The van der Waals surface area contributed by atoms with E-state index < -0.39 is 6.10 Å². The molecule has 1 atom stereocenters. The largest absolute Gasteiger partial charge is 0.489 e. The summed E-state index contributed by atoms with van der Waals surface area (Å²) in [6.07, 6.45) is -0.566. The molecule has 0 spiro atoms.